The summed E-state index contributed by atoms with van der Waals surface area (Å²) >= 11 is 5.62. The van der Waals surface area contributed by atoms with E-state index in [0.29, 0.717) is 5.56 Å². The second-order valence-corrected chi connectivity index (χ2v) is 4.06. The summed E-state index contributed by atoms with van der Waals surface area (Å²) in [6.45, 7) is 0. The summed E-state index contributed by atoms with van der Waals surface area (Å²) in [5.41, 5.74) is 0.371. The molecule has 0 bridgehead atoms. The lowest BCUT2D eigenvalue weighted by Crippen LogP contribution is -1.98. The monoisotopic (exact) mass is 234 g/mol. The Bertz CT molecular complexity index is 431. The number of aromatic carboxylic acids is 1. The van der Waals surface area contributed by atoms with Crippen molar-refractivity contribution in [2.24, 2.45) is 0 Å². The second kappa shape index (κ2) is 4.43. The molecule has 0 aliphatic rings. The standard InChI is InChI=1S/C8H7ClO4S/c9-7-2-5(4-14(12)13)1-6(3-7)8(10)11/h1-3,14H,4H2,(H,10,11). The Morgan fingerprint density at radius 1 is 1.36 bits per heavy atom. The minimum atomic E-state index is -2.57. The van der Waals surface area contributed by atoms with Crippen LogP contribution in [0.2, 0.25) is 5.02 Å². The fraction of sp³-hybridized carbons (Fsp3) is 0.125. The van der Waals surface area contributed by atoms with Crippen molar-refractivity contribution < 1.29 is 18.3 Å². The molecule has 1 aromatic carbocycles. The summed E-state index contributed by atoms with van der Waals surface area (Å²) in [7, 11) is -2.57. The third kappa shape index (κ3) is 3.01. The topological polar surface area (TPSA) is 71.4 Å². The SMILES string of the molecule is O=C(O)c1cc(Cl)cc(C[SH](=O)=O)c1. The van der Waals surface area contributed by atoms with Crippen LogP contribution >= 0.6 is 11.6 Å². The number of hydrogen-bond acceptors (Lipinski definition) is 3. The number of halogens is 1. The van der Waals surface area contributed by atoms with Gasteiger partial charge >= 0.3 is 5.97 Å². The van der Waals surface area contributed by atoms with E-state index in [1.807, 2.05) is 0 Å². The van der Waals surface area contributed by atoms with E-state index in [1.54, 1.807) is 0 Å². The molecule has 1 aromatic rings. The molecule has 0 saturated carbocycles. The van der Waals surface area contributed by atoms with Gasteiger partial charge in [-0.1, -0.05) is 11.6 Å². The highest BCUT2D eigenvalue weighted by atomic mass is 35.5. The maximum Gasteiger partial charge on any atom is 0.335 e. The van der Waals surface area contributed by atoms with Crippen molar-refractivity contribution in [2.75, 3.05) is 0 Å². The van der Waals surface area contributed by atoms with Crippen LogP contribution in [0.4, 0.5) is 0 Å². The molecule has 0 fully saturated rings. The molecule has 1 rings (SSSR count). The zero-order valence-corrected chi connectivity index (χ0v) is 8.59. The average molecular weight is 235 g/mol. The molecule has 0 aromatic heterocycles. The third-order valence-corrected chi connectivity index (χ3v) is 2.36. The lowest BCUT2D eigenvalue weighted by Gasteiger charge is -1.99. The third-order valence-electron chi connectivity index (χ3n) is 1.52. The van der Waals surface area contributed by atoms with Crippen LogP contribution in [-0.2, 0) is 16.5 Å². The van der Waals surface area contributed by atoms with Gasteiger partial charge in [-0.15, -0.1) is 0 Å². The summed E-state index contributed by atoms with van der Waals surface area (Å²) in [4.78, 5) is 10.6. The molecule has 0 aliphatic heterocycles. The van der Waals surface area contributed by atoms with Gasteiger partial charge in [-0.2, -0.15) is 0 Å². The fourth-order valence-corrected chi connectivity index (χ4v) is 1.75. The Kier molecular flexibility index (Phi) is 3.49. The molecular weight excluding hydrogens is 228 g/mol. The first-order valence-corrected chi connectivity index (χ1v) is 5.37. The predicted octanol–water partition coefficient (Wildman–Crippen LogP) is 1.15. The van der Waals surface area contributed by atoms with Gasteiger partial charge in [0.15, 0.2) is 0 Å². The fourth-order valence-electron chi connectivity index (χ4n) is 1.01. The van der Waals surface area contributed by atoms with E-state index < -0.39 is 16.7 Å². The normalized spacial score (nSPS) is 10.4. The molecular formula is C8H7ClO4S. The average Bonchev–Trinajstić information content (AvgIpc) is 2.01. The molecule has 0 saturated heterocycles. The van der Waals surface area contributed by atoms with Crippen LogP contribution in [0.1, 0.15) is 15.9 Å². The Morgan fingerprint density at radius 3 is 2.50 bits per heavy atom. The molecule has 4 nitrogen and oxygen atoms in total. The van der Waals surface area contributed by atoms with E-state index in [9.17, 15) is 13.2 Å². The molecule has 0 atom stereocenters. The van der Waals surface area contributed by atoms with Crippen LogP contribution in [0.25, 0.3) is 0 Å². The second-order valence-electron chi connectivity index (χ2n) is 2.64. The lowest BCUT2D eigenvalue weighted by atomic mass is 10.1. The predicted molar refractivity (Wildman–Crippen MR) is 52.4 cm³/mol. The van der Waals surface area contributed by atoms with Crippen molar-refractivity contribution >= 4 is 28.3 Å². The van der Waals surface area contributed by atoms with Crippen LogP contribution < -0.4 is 0 Å². The maximum absolute atomic E-state index is 10.6. The Labute approximate surface area is 87.1 Å². The smallest absolute Gasteiger partial charge is 0.335 e. The molecule has 1 N–H and O–H groups in total. The van der Waals surface area contributed by atoms with Crippen LogP contribution in [0.15, 0.2) is 18.2 Å². The summed E-state index contributed by atoms with van der Waals surface area (Å²) < 4.78 is 20.8. The Morgan fingerprint density at radius 2 is 2.00 bits per heavy atom. The van der Waals surface area contributed by atoms with E-state index >= 15 is 0 Å². The van der Waals surface area contributed by atoms with E-state index in [-0.39, 0.29) is 16.3 Å². The highest BCUT2D eigenvalue weighted by Crippen LogP contribution is 2.15. The van der Waals surface area contributed by atoms with Gasteiger partial charge in [0.05, 0.1) is 11.3 Å². The molecule has 0 spiro atoms. The van der Waals surface area contributed by atoms with E-state index in [4.69, 9.17) is 16.7 Å². The number of rotatable bonds is 3. The van der Waals surface area contributed by atoms with Crippen LogP contribution in [0.3, 0.4) is 0 Å². The minimum absolute atomic E-state index is 0.00986. The minimum Gasteiger partial charge on any atom is -0.478 e. The number of benzene rings is 1. The summed E-state index contributed by atoms with van der Waals surface area (Å²) in [6, 6.07) is 3.99. The number of hydrogen-bond donors (Lipinski definition) is 2. The van der Waals surface area contributed by atoms with Gasteiger partial charge in [0.2, 0.25) is 0 Å². The number of carboxylic acid groups (broad SMARTS) is 1. The molecule has 0 aliphatic carbocycles. The van der Waals surface area contributed by atoms with Gasteiger partial charge < -0.3 is 5.11 Å². The Balaban J connectivity index is 3.13. The van der Waals surface area contributed by atoms with Gasteiger partial charge in [0, 0.05) is 5.02 Å². The first-order chi connectivity index (χ1) is 6.49. The number of carbonyl (C=O) groups is 1. The van der Waals surface area contributed by atoms with E-state index in [1.165, 1.54) is 18.2 Å². The molecule has 76 valence electrons. The zero-order valence-electron chi connectivity index (χ0n) is 6.94. The first kappa shape index (κ1) is 11.0. The van der Waals surface area contributed by atoms with Gasteiger partial charge in [-0.25, -0.2) is 13.2 Å². The van der Waals surface area contributed by atoms with Gasteiger partial charge in [-0.3, -0.25) is 0 Å². The number of carboxylic acids is 1. The summed E-state index contributed by atoms with van der Waals surface area (Å²) in [5.74, 6) is -1.33. The maximum atomic E-state index is 10.6. The molecule has 14 heavy (non-hydrogen) atoms. The zero-order chi connectivity index (χ0) is 10.7. The van der Waals surface area contributed by atoms with Crippen molar-refractivity contribution in [1.82, 2.24) is 0 Å². The molecule has 0 radical (unpaired) electrons. The van der Waals surface area contributed by atoms with E-state index in [2.05, 4.69) is 0 Å². The van der Waals surface area contributed by atoms with Crippen molar-refractivity contribution in [3.8, 4) is 0 Å². The van der Waals surface area contributed by atoms with Crippen LogP contribution in [0, 0.1) is 0 Å². The van der Waals surface area contributed by atoms with Crippen molar-refractivity contribution in [3.63, 3.8) is 0 Å². The van der Waals surface area contributed by atoms with Crippen molar-refractivity contribution in [1.29, 1.82) is 0 Å². The highest BCUT2D eigenvalue weighted by Gasteiger charge is 2.06. The van der Waals surface area contributed by atoms with Crippen LogP contribution in [0.5, 0.6) is 0 Å². The molecule has 0 amide bonds. The summed E-state index contributed by atoms with van der Waals surface area (Å²) in [5, 5.41) is 8.88. The molecule has 6 heteroatoms. The quantitative estimate of drug-likeness (QED) is 0.770. The first-order valence-electron chi connectivity index (χ1n) is 3.63. The van der Waals surface area contributed by atoms with Crippen molar-refractivity contribution in [3.05, 3.63) is 34.3 Å². The largest absolute Gasteiger partial charge is 0.478 e. The van der Waals surface area contributed by atoms with Gasteiger partial charge in [-0.05, 0) is 23.8 Å². The molecule has 0 unspecified atom stereocenters. The van der Waals surface area contributed by atoms with Crippen molar-refractivity contribution in [2.45, 2.75) is 5.75 Å². The number of thiol groups is 1. The highest BCUT2D eigenvalue weighted by molar-refractivity contribution is 7.71. The van der Waals surface area contributed by atoms with Crippen LogP contribution in [-0.4, -0.2) is 19.5 Å². The van der Waals surface area contributed by atoms with Gasteiger partial charge in [0.1, 0.15) is 10.7 Å². The van der Waals surface area contributed by atoms with Gasteiger partial charge in [0.25, 0.3) is 0 Å². The molecule has 0 heterocycles. The Hall–Kier alpha value is -1.07. The van der Waals surface area contributed by atoms with E-state index in [0.717, 1.165) is 0 Å². The lowest BCUT2D eigenvalue weighted by molar-refractivity contribution is 0.0696. The summed E-state index contributed by atoms with van der Waals surface area (Å²) in [6.07, 6.45) is 0.